The monoisotopic (exact) mass is 704 g/mol. The third kappa shape index (κ3) is 7.43. The quantitative estimate of drug-likeness (QED) is 0.213. The number of para-hydroxylation sites is 1. The summed E-state index contributed by atoms with van der Waals surface area (Å²) in [6.07, 6.45) is 6.12. The second kappa shape index (κ2) is 13.7. The number of nitrogens with zero attached hydrogens (tertiary/aromatic N) is 5. The summed E-state index contributed by atoms with van der Waals surface area (Å²) in [5.41, 5.74) is 9.16. The Hall–Kier alpha value is -5.24. The van der Waals surface area contributed by atoms with E-state index in [0.717, 1.165) is 16.5 Å². The van der Waals surface area contributed by atoms with Crippen molar-refractivity contribution in [2.24, 2.45) is 0 Å². The number of piperazine rings is 1. The molecular weight excluding hydrogens is 672 g/mol. The van der Waals surface area contributed by atoms with Gasteiger partial charge in [-0.2, -0.15) is 5.01 Å². The van der Waals surface area contributed by atoms with Gasteiger partial charge in [0.05, 0.1) is 36.1 Å². The summed E-state index contributed by atoms with van der Waals surface area (Å²) in [5.74, 6) is 1.43. The molecule has 4 aromatic rings. The fraction of sp³-hybridized carbons (Fsp3) is 0.273. The van der Waals surface area contributed by atoms with E-state index in [4.69, 9.17) is 12.2 Å². The van der Waals surface area contributed by atoms with Crippen molar-refractivity contribution >= 4 is 60.2 Å². The van der Waals surface area contributed by atoms with Crippen LogP contribution in [0.3, 0.4) is 0 Å². The Morgan fingerprint density at radius 3 is 2.53 bits per heavy atom. The number of anilines is 2. The Bertz CT molecular complexity index is 2050. The topological polar surface area (TPSA) is 161 Å². The van der Waals surface area contributed by atoms with Crippen LogP contribution in [0.4, 0.5) is 20.0 Å². The summed E-state index contributed by atoms with van der Waals surface area (Å²) in [6, 6.07) is 16.4. The first-order valence-electron chi connectivity index (χ1n) is 15.2. The minimum Gasteiger partial charge on any atom is -0.375 e. The second-order valence-corrected chi connectivity index (χ2v) is 14.6. The maximum absolute atomic E-state index is 14.3. The number of hydrogen-bond acceptors (Lipinski definition) is 9. The largest absolute Gasteiger partial charge is 0.375 e. The number of nitrogen functional groups attached to an aromatic ring is 1. The van der Waals surface area contributed by atoms with Crippen LogP contribution in [0.5, 0.6) is 0 Å². The van der Waals surface area contributed by atoms with Gasteiger partial charge >= 0.3 is 6.03 Å². The molecular formula is C33H33FN8O5S2. The standard InChI is InChI=1S/C33H33FN8O5S2/c1-3-15-40(33(45)36-17-22-7-11-24(34)12-8-22)41-20-29(43)42-26(16-21-9-13-25(14-10-21)38-49(2,46)47)31(44)39(19-28(41)42)18-23-5-4-6-27-30(23)37-32(35)48-27/h1,4-14,26,28,38H,15-20H2,2H3,(H2,35,37)(H,36,45)/t26-,28+/m0/s1. The number of nitrogens with two attached hydrogens (primary N) is 1. The van der Waals surface area contributed by atoms with E-state index in [-0.39, 0.29) is 51.0 Å². The van der Waals surface area contributed by atoms with Crippen LogP contribution < -0.4 is 15.8 Å². The number of amides is 4. The molecule has 2 atom stereocenters. The van der Waals surface area contributed by atoms with E-state index in [1.54, 1.807) is 46.3 Å². The van der Waals surface area contributed by atoms with E-state index in [9.17, 15) is 27.2 Å². The summed E-state index contributed by atoms with van der Waals surface area (Å²) in [5, 5.41) is 6.05. The third-order valence-corrected chi connectivity index (χ3v) is 9.73. The molecule has 0 unspecified atom stereocenters. The number of aromatic nitrogens is 1. The number of thiazole rings is 1. The van der Waals surface area contributed by atoms with Crippen molar-refractivity contribution in [1.29, 1.82) is 0 Å². The van der Waals surface area contributed by atoms with Gasteiger partial charge in [-0.05, 0) is 47.0 Å². The maximum atomic E-state index is 14.3. The maximum Gasteiger partial charge on any atom is 0.333 e. The number of terminal acetylenes is 1. The molecule has 0 spiro atoms. The van der Waals surface area contributed by atoms with Crippen LogP contribution in [0, 0.1) is 18.2 Å². The lowest BCUT2D eigenvalue weighted by atomic mass is 9.99. The van der Waals surface area contributed by atoms with Crippen molar-refractivity contribution in [3.05, 3.63) is 89.2 Å². The van der Waals surface area contributed by atoms with E-state index >= 15 is 0 Å². The number of nitrogens with one attached hydrogen (secondary N) is 2. The highest BCUT2D eigenvalue weighted by Crippen LogP contribution is 2.32. The summed E-state index contributed by atoms with van der Waals surface area (Å²) in [7, 11) is -3.49. The number of benzene rings is 3. The molecule has 0 aliphatic carbocycles. The van der Waals surface area contributed by atoms with E-state index < -0.39 is 34.1 Å². The van der Waals surface area contributed by atoms with Gasteiger partial charge < -0.3 is 20.9 Å². The lowest BCUT2D eigenvalue weighted by Gasteiger charge is -2.46. The minimum atomic E-state index is -3.49. The Labute approximate surface area is 286 Å². The predicted molar refractivity (Wildman–Crippen MR) is 183 cm³/mol. The number of halogens is 1. The van der Waals surface area contributed by atoms with Crippen LogP contribution in [0.2, 0.25) is 0 Å². The Kier molecular flexibility index (Phi) is 9.41. The number of hydrogen-bond donors (Lipinski definition) is 3. The summed E-state index contributed by atoms with van der Waals surface area (Å²) in [6.45, 7) is -0.0262. The van der Waals surface area contributed by atoms with Crippen LogP contribution in [-0.2, 0) is 39.1 Å². The molecule has 0 radical (unpaired) electrons. The second-order valence-electron chi connectivity index (χ2n) is 11.8. The average molecular weight is 705 g/mol. The van der Waals surface area contributed by atoms with Crippen molar-refractivity contribution < 1.29 is 27.2 Å². The molecule has 2 aliphatic rings. The molecule has 1 aromatic heterocycles. The molecule has 4 N–H and O–H groups in total. The fourth-order valence-corrected chi connectivity index (χ4v) is 7.48. The number of urea groups is 1. The van der Waals surface area contributed by atoms with Crippen molar-refractivity contribution in [2.75, 3.05) is 36.3 Å². The van der Waals surface area contributed by atoms with E-state index in [0.29, 0.717) is 27.5 Å². The summed E-state index contributed by atoms with van der Waals surface area (Å²) in [4.78, 5) is 49.2. The number of fused-ring (bicyclic) bond motifs is 2. The van der Waals surface area contributed by atoms with Gasteiger partial charge in [0.15, 0.2) is 5.13 Å². The SMILES string of the molecule is C#CCN(C(=O)NCc1ccc(F)cc1)N1CC(=O)N2[C@@H](Cc3ccc(NS(C)(=O)=O)cc3)C(=O)N(Cc3cccc4sc(N)nc34)C[C@@H]21. The first-order chi connectivity index (χ1) is 23.4. The zero-order chi connectivity index (χ0) is 34.9. The third-order valence-electron chi connectivity index (χ3n) is 8.28. The molecule has 16 heteroatoms. The molecule has 2 fully saturated rings. The highest BCUT2D eigenvalue weighted by molar-refractivity contribution is 7.92. The van der Waals surface area contributed by atoms with Crippen LogP contribution in [0.25, 0.3) is 10.2 Å². The zero-order valence-corrected chi connectivity index (χ0v) is 28.0. The van der Waals surface area contributed by atoms with E-state index in [2.05, 4.69) is 20.9 Å². The number of sulfonamides is 1. The molecule has 0 bridgehead atoms. The molecule has 3 aromatic carbocycles. The normalized spacial score (nSPS) is 18.0. The average Bonchev–Trinajstić information content (AvgIpc) is 3.60. The fourth-order valence-electron chi connectivity index (χ4n) is 6.13. The Morgan fingerprint density at radius 2 is 1.84 bits per heavy atom. The van der Waals surface area contributed by atoms with Crippen molar-refractivity contribution in [2.45, 2.75) is 31.7 Å². The smallest absolute Gasteiger partial charge is 0.333 e. The molecule has 4 amide bonds. The van der Waals surface area contributed by atoms with E-state index in [1.807, 2.05) is 18.2 Å². The van der Waals surface area contributed by atoms with Gasteiger partial charge in [0.2, 0.25) is 21.8 Å². The molecule has 13 nitrogen and oxygen atoms in total. The molecule has 254 valence electrons. The van der Waals surface area contributed by atoms with Crippen molar-refractivity contribution in [3.8, 4) is 12.3 Å². The summed E-state index contributed by atoms with van der Waals surface area (Å²) >= 11 is 1.34. The molecule has 0 saturated carbocycles. The predicted octanol–water partition coefficient (Wildman–Crippen LogP) is 2.57. The summed E-state index contributed by atoms with van der Waals surface area (Å²) < 4.78 is 40.1. The van der Waals surface area contributed by atoms with Crippen LogP contribution in [0.15, 0.2) is 66.7 Å². The van der Waals surface area contributed by atoms with Gasteiger partial charge in [-0.25, -0.2) is 27.6 Å². The lowest BCUT2D eigenvalue weighted by molar-refractivity contribution is -0.157. The van der Waals surface area contributed by atoms with Crippen LogP contribution in [0.1, 0.15) is 16.7 Å². The first kappa shape index (κ1) is 33.7. The molecule has 49 heavy (non-hydrogen) atoms. The van der Waals surface area contributed by atoms with Gasteiger partial charge in [-0.3, -0.25) is 14.3 Å². The molecule has 2 aliphatic heterocycles. The molecule has 2 saturated heterocycles. The Morgan fingerprint density at radius 1 is 1.12 bits per heavy atom. The minimum absolute atomic E-state index is 0.0701. The molecule has 6 rings (SSSR count). The molecule has 3 heterocycles. The number of rotatable bonds is 10. The van der Waals surface area contributed by atoms with E-state index in [1.165, 1.54) is 33.4 Å². The van der Waals surface area contributed by atoms with Gasteiger partial charge in [-0.1, -0.05) is 53.7 Å². The lowest BCUT2D eigenvalue weighted by Crippen LogP contribution is -2.66. The van der Waals surface area contributed by atoms with Crippen LogP contribution in [-0.4, -0.2) is 89.2 Å². The van der Waals surface area contributed by atoms with Crippen molar-refractivity contribution in [1.82, 2.24) is 30.1 Å². The van der Waals surface area contributed by atoms with Crippen LogP contribution >= 0.6 is 11.3 Å². The highest BCUT2D eigenvalue weighted by atomic mass is 32.2. The van der Waals surface area contributed by atoms with Gasteiger partial charge in [0.1, 0.15) is 18.0 Å². The van der Waals surface area contributed by atoms with Gasteiger partial charge in [0.25, 0.3) is 0 Å². The van der Waals surface area contributed by atoms with Crippen molar-refractivity contribution in [3.63, 3.8) is 0 Å². The number of carbonyl (C=O) groups excluding carboxylic acids is 3. The Balaban J connectivity index is 1.31. The first-order valence-corrected chi connectivity index (χ1v) is 17.9. The van der Waals surface area contributed by atoms with Gasteiger partial charge in [0, 0.05) is 25.2 Å². The van der Waals surface area contributed by atoms with Gasteiger partial charge in [-0.15, -0.1) is 6.42 Å². The number of hydrazine groups is 1. The highest BCUT2D eigenvalue weighted by Gasteiger charge is 2.52. The zero-order valence-electron chi connectivity index (χ0n) is 26.4. The number of carbonyl (C=O) groups is 3.